The molecule has 1 amide bonds. The maximum absolute atomic E-state index is 14.1. The minimum absolute atomic E-state index is 0.116. The fraction of sp³-hybridized carbons (Fsp3) is 0.375. The standard InChI is InChI=1S/C32H33F5N6O2/c1-20(2)19-43(23-13-15-31(33,34)16-14-23)28-12-9-22(25-5-3-4-6-26(25)30-39-41-42-40-30)18-27(28)38-29(44)17-21-7-10-24(11-8-21)45-32(35,36)37/h3-12,18,20,23H,13-17,19H2,1-2H3,(H,38,44)(H,39,40,41,42). The molecule has 1 heterocycles. The molecule has 0 spiro atoms. The zero-order valence-electron chi connectivity index (χ0n) is 24.7. The zero-order chi connectivity index (χ0) is 32.2. The minimum atomic E-state index is -4.82. The number of carbonyl (C=O) groups is 1. The van der Waals surface area contributed by atoms with Gasteiger partial charge in [0.05, 0.1) is 17.8 Å². The SMILES string of the molecule is CC(C)CN(c1ccc(-c2ccccc2-c2nn[nH]n2)cc1NC(=O)Cc1ccc(OC(F)(F)F)cc1)C1CCC(F)(F)CC1. The van der Waals surface area contributed by atoms with Crippen molar-refractivity contribution in [2.45, 2.75) is 64.3 Å². The number of tetrazole rings is 1. The van der Waals surface area contributed by atoms with Crippen LogP contribution < -0.4 is 15.0 Å². The normalized spacial score (nSPS) is 15.2. The van der Waals surface area contributed by atoms with Gasteiger partial charge in [0.1, 0.15) is 5.75 Å². The number of aromatic amines is 1. The topological polar surface area (TPSA) is 96.0 Å². The van der Waals surface area contributed by atoms with Crippen molar-refractivity contribution in [3.05, 3.63) is 72.3 Å². The summed E-state index contributed by atoms with van der Waals surface area (Å²) in [5, 5.41) is 17.3. The van der Waals surface area contributed by atoms with Crippen LogP contribution in [0.2, 0.25) is 0 Å². The molecule has 1 aromatic heterocycles. The van der Waals surface area contributed by atoms with Crippen LogP contribution in [-0.2, 0) is 11.2 Å². The predicted octanol–water partition coefficient (Wildman–Crippen LogP) is 7.65. The average Bonchev–Trinajstić information content (AvgIpc) is 3.52. The molecule has 1 aliphatic rings. The molecule has 13 heteroatoms. The van der Waals surface area contributed by atoms with E-state index in [0.29, 0.717) is 47.7 Å². The molecular weight excluding hydrogens is 595 g/mol. The van der Waals surface area contributed by atoms with E-state index in [-0.39, 0.29) is 37.0 Å². The molecular formula is C32H33F5N6O2. The van der Waals surface area contributed by atoms with Gasteiger partial charge in [0.2, 0.25) is 17.7 Å². The highest BCUT2D eigenvalue weighted by Crippen LogP contribution is 2.41. The lowest BCUT2D eigenvalue weighted by Gasteiger charge is -2.40. The number of H-pyrrole nitrogens is 1. The number of rotatable bonds is 10. The lowest BCUT2D eigenvalue weighted by molar-refractivity contribution is -0.274. The fourth-order valence-corrected chi connectivity index (χ4v) is 5.62. The van der Waals surface area contributed by atoms with Crippen LogP contribution in [0.25, 0.3) is 22.5 Å². The summed E-state index contributed by atoms with van der Waals surface area (Å²) in [5.74, 6) is -2.89. The van der Waals surface area contributed by atoms with Crippen LogP contribution in [0.5, 0.6) is 5.75 Å². The Bertz CT molecular complexity index is 1580. The number of alkyl halides is 5. The molecule has 0 unspecified atom stereocenters. The van der Waals surface area contributed by atoms with Crippen LogP contribution in [0.3, 0.4) is 0 Å². The van der Waals surface area contributed by atoms with Gasteiger partial charge in [-0.1, -0.05) is 56.3 Å². The molecule has 0 aliphatic heterocycles. The summed E-state index contributed by atoms with van der Waals surface area (Å²) in [6.07, 6.45) is -4.74. The van der Waals surface area contributed by atoms with Crippen molar-refractivity contribution >= 4 is 17.3 Å². The Kier molecular flexibility index (Phi) is 9.35. The zero-order valence-corrected chi connectivity index (χ0v) is 24.7. The molecule has 1 fully saturated rings. The third kappa shape index (κ3) is 8.34. The number of nitrogens with one attached hydrogen (secondary N) is 2. The summed E-state index contributed by atoms with van der Waals surface area (Å²) < 4.78 is 69.9. The van der Waals surface area contributed by atoms with E-state index in [1.807, 2.05) is 56.3 Å². The first-order chi connectivity index (χ1) is 21.4. The number of hydrogen-bond acceptors (Lipinski definition) is 6. The van der Waals surface area contributed by atoms with Crippen molar-refractivity contribution in [3.63, 3.8) is 0 Å². The van der Waals surface area contributed by atoms with E-state index in [2.05, 4.69) is 35.6 Å². The van der Waals surface area contributed by atoms with Gasteiger partial charge in [-0.05, 0) is 64.9 Å². The van der Waals surface area contributed by atoms with Crippen molar-refractivity contribution in [1.82, 2.24) is 20.6 Å². The smallest absolute Gasteiger partial charge is 0.406 e. The number of hydrogen-bond donors (Lipinski definition) is 2. The Hall–Kier alpha value is -4.55. The van der Waals surface area contributed by atoms with Crippen LogP contribution in [0, 0.1) is 5.92 Å². The molecule has 0 saturated heterocycles. The second kappa shape index (κ2) is 13.2. The van der Waals surface area contributed by atoms with E-state index < -0.39 is 18.2 Å². The number of nitrogens with zero attached hydrogens (tertiary/aromatic N) is 4. The van der Waals surface area contributed by atoms with Crippen molar-refractivity contribution in [1.29, 1.82) is 0 Å². The highest BCUT2D eigenvalue weighted by atomic mass is 19.4. The Morgan fingerprint density at radius 3 is 2.36 bits per heavy atom. The van der Waals surface area contributed by atoms with Crippen molar-refractivity contribution in [3.8, 4) is 28.3 Å². The first-order valence-electron chi connectivity index (χ1n) is 14.6. The fourth-order valence-electron chi connectivity index (χ4n) is 5.62. The van der Waals surface area contributed by atoms with Gasteiger partial charge in [-0.3, -0.25) is 4.79 Å². The Labute approximate surface area is 257 Å². The molecule has 0 radical (unpaired) electrons. The number of carbonyl (C=O) groups excluding carboxylic acids is 1. The summed E-state index contributed by atoms with van der Waals surface area (Å²) in [7, 11) is 0. The predicted molar refractivity (Wildman–Crippen MR) is 160 cm³/mol. The molecule has 1 aliphatic carbocycles. The van der Waals surface area contributed by atoms with Gasteiger partial charge < -0.3 is 15.0 Å². The van der Waals surface area contributed by atoms with Crippen molar-refractivity contribution in [2.75, 3.05) is 16.8 Å². The Morgan fingerprint density at radius 1 is 1.04 bits per heavy atom. The van der Waals surface area contributed by atoms with E-state index in [0.717, 1.165) is 23.3 Å². The maximum Gasteiger partial charge on any atom is 0.573 e. The Balaban J connectivity index is 1.49. The van der Waals surface area contributed by atoms with Gasteiger partial charge in [-0.25, -0.2) is 8.78 Å². The molecule has 4 aromatic rings. The average molecular weight is 629 g/mol. The summed E-state index contributed by atoms with van der Waals surface area (Å²) in [5.41, 5.74) is 3.91. The lowest BCUT2D eigenvalue weighted by Crippen LogP contribution is -2.43. The molecule has 0 bridgehead atoms. The monoisotopic (exact) mass is 628 g/mol. The number of halogens is 5. The number of benzene rings is 3. The van der Waals surface area contributed by atoms with Crippen LogP contribution >= 0.6 is 0 Å². The summed E-state index contributed by atoms with van der Waals surface area (Å²) >= 11 is 0. The summed E-state index contributed by atoms with van der Waals surface area (Å²) in [6.45, 7) is 4.67. The molecule has 0 atom stereocenters. The van der Waals surface area contributed by atoms with Gasteiger partial charge in [0.25, 0.3) is 0 Å². The number of ether oxygens (including phenoxy) is 1. The second-order valence-electron chi connectivity index (χ2n) is 11.6. The maximum atomic E-state index is 14.1. The molecule has 45 heavy (non-hydrogen) atoms. The molecule has 1 saturated carbocycles. The third-order valence-electron chi connectivity index (χ3n) is 7.62. The molecule has 5 rings (SSSR count). The molecule has 8 nitrogen and oxygen atoms in total. The van der Waals surface area contributed by atoms with Crippen molar-refractivity contribution in [2.24, 2.45) is 5.92 Å². The molecule has 3 aromatic carbocycles. The van der Waals surface area contributed by atoms with E-state index in [1.54, 1.807) is 0 Å². The number of aromatic nitrogens is 4. The van der Waals surface area contributed by atoms with Crippen LogP contribution in [-0.4, -0.2) is 51.4 Å². The third-order valence-corrected chi connectivity index (χ3v) is 7.62. The van der Waals surface area contributed by atoms with Gasteiger partial charge in [0, 0.05) is 31.0 Å². The first-order valence-corrected chi connectivity index (χ1v) is 14.6. The van der Waals surface area contributed by atoms with Crippen LogP contribution in [0.1, 0.15) is 45.1 Å². The van der Waals surface area contributed by atoms with E-state index in [9.17, 15) is 26.7 Å². The summed E-state index contributed by atoms with van der Waals surface area (Å²) in [6, 6.07) is 18.0. The first kappa shape index (κ1) is 31.9. The van der Waals surface area contributed by atoms with Gasteiger partial charge >= 0.3 is 6.36 Å². The lowest BCUT2D eigenvalue weighted by atomic mass is 9.90. The summed E-state index contributed by atoms with van der Waals surface area (Å²) in [4.78, 5) is 15.5. The van der Waals surface area contributed by atoms with Gasteiger partial charge in [-0.15, -0.1) is 23.4 Å². The number of anilines is 2. The highest BCUT2D eigenvalue weighted by Gasteiger charge is 2.37. The van der Waals surface area contributed by atoms with Crippen LogP contribution in [0.4, 0.5) is 33.3 Å². The minimum Gasteiger partial charge on any atom is -0.406 e. The van der Waals surface area contributed by atoms with Crippen molar-refractivity contribution < 1.29 is 31.5 Å². The molecule has 238 valence electrons. The number of amides is 1. The van der Waals surface area contributed by atoms with Gasteiger partial charge in [0.15, 0.2) is 0 Å². The van der Waals surface area contributed by atoms with E-state index in [1.165, 1.54) is 12.1 Å². The second-order valence-corrected chi connectivity index (χ2v) is 11.6. The van der Waals surface area contributed by atoms with Gasteiger partial charge in [-0.2, -0.15) is 5.21 Å². The van der Waals surface area contributed by atoms with E-state index >= 15 is 0 Å². The Morgan fingerprint density at radius 2 is 1.73 bits per heavy atom. The highest BCUT2D eigenvalue weighted by molar-refractivity contribution is 5.97. The molecule has 2 N–H and O–H groups in total. The van der Waals surface area contributed by atoms with Crippen LogP contribution in [0.15, 0.2) is 66.7 Å². The van der Waals surface area contributed by atoms with E-state index in [4.69, 9.17) is 0 Å². The quantitative estimate of drug-likeness (QED) is 0.175. The largest absolute Gasteiger partial charge is 0.573 e.